The number of carbonyl (C=O) groups is 1. The van der Waals surface area contributed by atoms with Gasteiger partial charge in [-0.15, -0.1) is 0 Å². The molecule has 2 heterocycles. The maximum atomic E-state index is 12.5. The number of aromatic nitrogens is 1. The Morgan fingerprint density at radius 2 is 1.72 bits per heavy atom. The average molecular weight is 463 g/mol. The van der Waals surface area contributed by atoms with Crippen LogP contribution in [0.4, 0.5) is 0 Å². The maximum absolute atomic E-state index is 12.5. The Morgan fingerprint density at radius 3 is 2.53 bits per heavy atom. The number of hydrogen-bond donors (Lipinski definition) is 1. The summed E-state index contributed by atoms with van der Waals surface area (Å²) < 4.78 is 11.5. The number of oxazole rings is 1. The van der Waals surface area contributed by atoms with Crippen molar-refractivity contribution >= 4 is 40.2 Å². The maximum Gasteiger partial charge on any atom is 0.287 e. The van der Waals surface area contributed by atoms with Gasteiger partial charge in [0.2, 0.25) is 5.89 Å². The lowest BCUT2D eigenvalue weighted by atomic mass is 10.1. The lowest BCUT2D eigenvalue weighted by Crippen LogP contribution is -2.22. The van der Waals surface area contributed by atoms with E-state index in [-0.39, 0.29) is 11.7 Å². The van der Waals surface area contributed by atoms with Crippen LogP contribution in [0.15, 0.2) is 87.7 Å². The smallest absolute Gasteiger partial charge is 0.287 e. The number of amides is 1. The van der Waals surface area contributed by atoms with Gasteiger partial charge in [0.25, 0.3) is 5.91 Å². The number of benzene rings is 3. The zero-order valence-electron chi connectivity index (χ0n) is 16.6. The minimum atomic E-state index is -0.322. The quantitative estimate of drug-likeness (QED) is 0.305. The standard InChI is InChI=1S/C25H16Cl2N2O3/c26-17-9-10-19(27)18(13-17)21-11-12-23(31-21)24(30)28-14-15-5-7-16(8-6-15)25-29-20-3-1-2-4-22(20)32-25/h1-13H,14H2,(H,28,30). The van der Waals surface area contributed by atoms with Crippen molar-refractivity contribution in [3.63, 3.8) is 0 Å². The molecule has 0 aliphatic carbocycles. The van der Waals surface area contributed by atoms with Crippen LogP contribution in [0.1, 0.15) is 16.1 Å². The van der Waals surface area contributed by atoms with Crippen molar-refractivity contribution in [2.75, 3.05) is 0 Å². The molecule has 5 rings (SSSR count). The number of fused-ring (bicyclic) bond motifs is 1. The lowest BCUT2D eigenvalue weighted by molar-refractivity contribution is 0.0924. The number of para-hydroxylation sites is 2. The Labute approximate surface area is 193 Å². The Hall–Kier alpha value is -3.54. The van der Waals surface area contributed by atoms with Gasteiger partial charge in [-0.1, -0.05) is 47.5 Å². The second kappa shape index (κ2) is 8.54. The fraction of sp³-hybridized carbons (Fsp3) is 0.0400. The highest BCUT2D eigenvalue weighted by Gasteiger charge is 2.14. The molecule has 3 aromatic carbocycles. The number of carbonyl (C=O) groups excluding carboxylic acids is 1. The molecule has 0 aliphatic rings. The monoisotopic (exact) mass is 462 g/mol. The summed E-state index contributed by atoms with van der Waals surface area (Å²) in [6, 6.07) is 23.7. The van der Waals surface area contributed by atoms with Gasteiger partial charge in [0.1, 0.15) is 11.3 Å². The molecule has 5 aromatic rings. The predicted octanol–water partition coefficient (Wildman–Crippen LogP) is 6.99. The number of furan rings is 1. The zero-order valence-corrected chi connectivity index (χ0v) is 18.2. The highest BCUT2D eigenvalue weighted by Crippen LogP contribution is 2.32. The fourth-order valence-corrected chi connectivity index (χ4v) is 3.70. The van der Waals surface area contributed by atoms with Crippen LogP contribution in [0.2, 0.25) is 10.0 Å². The Balaban J connectivity index is 1.25. The summed E-state index contributed by atoms with van der Waals surface area (Å²) >= 11 is 12.2. The van der Waals surface area contributed by atoms with Gasteiger partial charge in [0.15, 0.2) is 11.3 Å². The molecule has 1 amide bonds. The first-order chi connectivity index (χ1) is 15.6. The van der Waals surface area contributed by atoms with E-state index in [1.165, 1.54) is 0 Å². The molecule has 0 aliphatic heterocycles. The van der Waals surface area contributed by atoms with Crippen LogP contribution in [-0.4, -0.2) is 10.9 Å². The molecule has 0 spiro atoms. The van der Waals surface area contributed by atoms with Crippen LogP contribution >= 0.6 is 23.2 Å². The Bertz CT molecular complexity index is 1390. The van der Waals surface area contributed by atoms with E-state index in [4.69, 9.17) is 32.0 Å². The second-order valence-corrected chi connectivity index (χ2v) is 8.00. The number of nitrogens with one attached hydrogen (secondary N) is 1. The summed E-state index contributed by atoms with van der Waals surface area (Å²) in [5.41, 5.74) is 3.99. The average Bonchev–Trinajstić information content (AvgIpc) is 3.47. The molecular formula is C25H16Cl2N2O3. The van der Waals surface area contributed by atoms with Crippen molar-refractivity contribution in [2.24, 2.45) is 0 Å². The van der Waals surface area contributed by atoms with Crippen LogP contribution in [0.5, 0.6) is 0 Å². The van der Waals surface area contributed by atoms with Gasteiger partial charge in [-0.3, -0.25) is 4.79 Å². The summed E-state index contributed by atoms with van der Waals surface area (Å²) in [4.78, 5) is 17.0. The molecule has 0 atom stereocenters. The summed E-state index contributed by atoms with van der Waals surface area (Å²) in [7, 11) is 0. The van der Waals surface area contributed by atoms with Gasteiger partial charge >= 0.3 is 0 Å². The zero-order chi connectivity index (χ0) is 22.1. The fourth-order valence-electron chi connectivity index (χ4n) is 3.32. The largest absolute Gasteiger partial charge is 0.451 e. The lowest BCUT2D eigenvalue weighted by Gasteiger charge is -2.05. The third-order valence-electron chi connectivity index (χ3n) is 4.97. The van der Waals surface area contributed by atoms with E-state index in [9.17, 15) is 4.79 Å². The van der Waals surface area contributed by atoms with E-state index in [2.05, 4.69) is 10.3 Å². The van der Waals surface area contributed by atoms with Crippen molar-refractivity contribution in [1.82, 2.24) is 10.3 Å². The number of hydrogen-bond acceptors (Lipinski definition) is 4. The topological polar surface area (TPSA) is 68.3 Å². The summed E-state index contributed by atoms with van der Waals surface area (Å²) in [5.74, 6) is 0.909. The van der Waals surface area contributed by atoms with E-state index < -0.39 is 0 Å². The third-order valence-corrected chi connectivity index (χ3v) is 5.54. The number of halogens is 2. The number of rotatable bonds is 5. The SMILES string of the molecule is O=C(NCc1ccc(-c2nc3ccccc3o2)cc1)c1ccc(-c2cc(Cl)ccc2Cl)o1. The highest BCUT2D eigenvalue weighted by molar-refractivity contribution is 6.35. The highest BCUT2D eigenvalue weighted by atomic mass is 35.5. The normalized spacial score (nSPS) is 11.1. The molecule has 1 N–H and O–H groups in total. The van der Waals surface area contributed by atoms with E-state index in [1.807, 2.05) is 48.5 Å². The molecule has 0 saturated carbocycles. The first kappa shape index (κ1) is 20.4. The van der Waals surface area contributed by atoms with Crippen LogP contribution in [0, 0.1) is 0 Å². The minimum absolute atomic E-state index is 0.194. The molecule has 5 nitrogen and oxygen atoms in total. The molecule has 32 heavy (non-hydrogen) atoms. The third kappa shape index (κ3) is 4.13. The first-order valence-electron chi connectivity index (χ1n) is 9.85. The van der Waals surface area contributed by atoms with Crippen LogP contribution in [0.25, 0.3) is 33.9 Å². The van der Waals surface area contributed by atoms with Crippen molar-refractivity contribution in [3.05, 3.63) is 100 Å². The molecule has 0 unspecified atom stereocenters. The molecule has 0 fully saturated rings. The van der Waals surface area contributed by atoms with Gasteiger partial charge in [-0.25, -0.2) is 4.98 Å². The van der Waals surface area contributed by atoms with Gasteiger partial charge in [-0.2, -0.15) is 0 Å². The second-order valence-electron chi connectivity index (χ2n) is 7.15. The molecule has 0 saturated heterocycles. The van der Waals surface area contributed by atoms with Crippen molar-refractivity contribution in [3.8, 4) is 22.8 Å². The van der Waals surface area contributed by atoms with Gasteiger partial charge < -0.3 is 14.2 Å². The van der Waals surface area contributed by atoms with Crippen molar-refractivity contribution in [2.45, 2.75) is 6.54 Å². The molecular weight excluding hydrogens is 447 g/mol. The van der Waals surface area contributed by atoms with E-state index in [0.29, 0.717) is 33.8 Å². The van der Waals surface area contributed by atoms with Crippen molar-refractivity contribution in [1.29, 1.82) is 0 Å². The van der Waals surface area contributed by atoms with Gasteiger partial charge in [0, 0.05) is 22.7 Å². The molecule has 0 radical (unpaired) electrons. The Kier molecular flexibility index (Phi) is 5.43. The van der Waals surface area contributed by atoms with Gasteiger partial charge in [0.05, 0.1) is 5.02 Å². The van der Waals surface area contributed by atoms with Crippen molar-refractivity contribution < 1.29 is 13.6 Å². The number of nitrogens with zero attached hydrogens (tertiary/aromatic N) is 1. The minimum Gasteiger partial charge on any atom is -0.451 e. The molecule has 2 aromatic heterocycles. The molecule has 7 heteroatoms. The first-order valence-corrected chi connectivity index (χ1v) is 10.6. The van der Waals surface area contributed by atoms with Crippen LogP contribution in [-0.2, 0) is 6.54 Å². The van der Waals surface area contributed by atoms with E-state index in [1.54, 1.807) is 30.3 Å². The summed E-state index contributed by atoms with van der Waals surface area (Å²) in [5, 5.41) is 3.89. The predicted molar refractivity (Wildman–Crippen MR) is 125 cm³/mol. The Morgan fingerprint density at radius 1 is 0.906 bits per heavy atom. The molecule has 158 valence electrons. The van der Waals surface area contributed by atoms with E-state index in [0.717, 1.165) is 22.2 Å². The van der Waals surface area contributed by atoms with Crippen LogP contribution < -0.4 is 5.32 Å². The summed E-state index contributed by atoms with van der Waals surface area (Å²) in [6.45, 7) is 0.348. The summed E-state index contributed by atoms with van der Waals surface area (Å²) in [6.07, 6.45) is 0. The van der Waals surface area contributed by atoms with E-state index >= 15 is 0 Å². The van der Waals surface area contributed by atoms with Crippen LogP contribution in [0.3, 0.4) is 0 Å². The van der Waals surface area contributed by atoms with Gasteiger partial charge in [-0.05, 0) is 60.2 Å². The molecule has 0 bridgehead atoms.